The molecule has 1 amide bonds. The average Bonchev–Trinajstić information content (AvgIpc) is 3.10. The van der Waals surface area contributed by atoms with E-state index < -0.39 is 0 Å². The Morgan fingerprint density at radius 1 is 1.20 bits per heavy atom. The Bertz CT molecular complexity index is 828. The molecule has 0 aliphatic heterocycles. The molecular weight excluding hydrogens is 330 g/mol. The molecule has 0 aliphatic rings. The van der Waals surface area contributed by atoms with Crippen molar-refractivity contribution in [2.75, 3.05) is 16.8 Å². The zero-order valence-corrected chi connectivity index (χ0v) is 15.2. The molecule has 0 saturated heterocycles. The standard InChI is InChI=1S/C20H21N3OS/c1-3-23(17-7-4-6-15(2)12-17)19-10-9-16(14-21-19)22-20(24)13-18-8-5-11-25-18/h4-12,14H,3,13H2,1-2H3,(H,22,24). The highest BCUT2D eigenvalue weighted by Crippen LogP contribution is 2.25. The van der Waals surface area contributed by atoms with Crippen molar-refractivity contribution in [1.29, 1.82) is 0 Å². The van der Waals surface area contributed by atoms with Crippen LogP contribution in [0.4, 0.5) is 17.2 Å². The van der Waals surface area contributed by atoms with E-state index in [0.29, 0.717) is 12.1 Å². The van der Waals surface area contributed by atoms with Crippen LogP contribution in [0, 0.1) is 6.92 Å². The van der Waals surface area contributed by atoms with E-state index in [4.69, 9.17) is 0 Å². The number of hydrogen-bond acceptors (Lipinski definition) is 4. The van der Waals surface area contributed by atoms with Gasteiger partial charge in [0, 0.05) is 17.1 Å². The second-order valence-corrected chi connectivity index (χ2v) is 6.82. The van der Waals surface area contributed by atoms with Crippen LogP contribution in [-0.4, -0.2) is 17.4 Å². The highest BCUT2D eigenvalue weighted by Gasteiger charge is 2.10. The normalized spacial score (nSPS) is 10.5. The number of rotatable bonds is 6. The zero-order valence-electron chi connectivity index (χ0n) is 14.4. The summed E-state index contributed by atoms with van der Waals surface area (Å²) in [6, 6.07) is 16.1. The van der Waals surface area contributed by atoms with Crippen molar-refractivity contribution in [3.63, 3.8) is 0 Å². The van der Waals surface area contributed by atoms with Crippen molar-refractivity contribution >= 4 is 34.4 Å². The van der Waals surface area contributed by atoms with Gasteiger partial charge < -0.3 is 10.2 Å². The van der Waals surface area contributed by atoms with E-state index in [9.17, 15) is 4.79 Å². The van der Waals surface area contributed by atoms with Gasteiger partial charge in [0.25, 0.3) is 0 Å². The molecule has 5 heteroatoms. The first-order chi connectivity index (χ1) is 12.2. The number of thiophene rings is 1. The first kappa shape index (κ1) is 17.2. The third-order valence-corrected chi connectivity index (χ3v) is 4.73. The molecule has 0 fully saturated rings. The number of aryl methyl sites for hydroxylation is 1. The summed E-state index contributed by atoms with van der Waals surface area (Å²) in [5, 5.41) is 4.88. The van der Waals surface area contributed by atoms with Gasteiger partial charge in [-0.3, -0.25) is 4.79 Å². The number of nitrogens with one attached hydrogen (secondary N) is 1. The lowest BCUT2D eigenvalue weighted by molar-refractivity contribution is -0.115. The Morgan fingerprint density at radius 3 is 2.72 bits per heavy atom. The number of anilines is 3. The molecule has 0 atom stereocenters. The minimum atomic E-state index is -0.0250. The fraction of sp³-hybridized carbons (Fsp3) is 0.200. The highest BCUT2D eigenvalue weighted by atomic mass is 32.1. The number of nitrogens with zero attached hydrogens (tertiary/aromatic N) is 2. The third kappa shape index (κ3) is 4.45. The second-order valence-electron chi connectivity index (χ2n) is 5.79. The van der Waals surface area contributed by atoms with Crippen molar-refractivity contribution < 1.29 is 4.79 Å². The molecule has 2 heterocycles. The van der Waals surface area contributed by atoms with Crippen LogP contribution in [0.1, 0.15) is 17.4 Å². The third-order valence-electron chi connectivity index (χ3n) is 3.85. The van der Waals surface area contributed by atoms with Crippen LogP contribution < -0.4 is 10.2 Å². The highest BCUT2D eigenvalue weighted by molar-refractivity contribution is 7.10. The van der Waals surface area contributed by atoms with Crippen LogP contribution in [-0.2, 0) is 11.2 Å². The topological polar surface area (TPSA) is 45.2 Å². The number of carbonyl (C=O) groups excluding carboxylic acids is 1. The Labute approximate surface area is 152 Å². The van der Waals surface area contributed by atoms with Gasteiger partial charge in [-0.1, -0.05) is 18.2 Å². The number of hydrogen-bond donors (Lipinski definition) is 1. The Morgan fingerprint density at radius 2 is 2.08 bits per heavy atom. The SMILES string of the molecule is CCN(c1cccc(C)c1)c1ccc(NC(=O)Cc2cccs2)cn1. The maximum Gasteiger partial charge on any atom is 0.229 e. The van der Waals surface area contributed by atoms with Crippen molar-refractivity contribution in [2.24, 2.45) is 0 Å². The number of amides is 1. The zero-order chi connectivity index (χ0) is 17.6. The summed E-state index contributed by atoms with van der Waals surface area (Å²) < 4.78 is 0. The first-order valence-electron chi connectivity index (χ1n) is 8.28. The molecule has 0 bridgehead atoms. The van der Waals surface area contributed by atoms with Crippen molar-refractivity contribution in [3.8, 4) is 0 Å². The summed E-state index contributed by atoms with van der Waals surface area (Å²) in [5.41, 5.74) is 3.04. The largest absolute Gasteiger partial charge is 0.327 e. The molecule has 4 nitrogen and oxygen atoms in total. The monoisotopic (exact) mass is 351 g/mol. The van der Waals surface area contributed by atoms with E-state index in [2.05, 4.69) is 47.2 Å². The van der Waals surface area contributed by atoms with E-state index in [1.807, 2.05) is 35.7 Å². The van der Waals surface area contributed by atoms with Crippen molar-refractivity contribution in [2.45, 2.75) is 20.3 Å². The minimum absolute atomic E-state index is 0.0250. The van der Waals surface area contributed by atoms with Crippen molar-refractivity contribution in [1.82, 2.24) is 4.98 Å². The van der Waals surface area contributed by atoms with Crippen LogP contribution in [0.15, 0.2) is 60.1 Å². The lowest BCUT2D eigenvalue weighted by Gasteiger charge is -2.22. The van der Waals surface area contributed by atoms with Crippen LogP contribution >= 0.6 is 11.3 Å². The average molecular weight is 351 g/mol. The van der Waals surface area contributed by atoms with Crippen LogP contribution in [0.3, 0.4) is 0 Å². The predicted octanol–water partition coefficient (Wildman–Crippen LogP) is 4.79. The van der Waals surface area contributed by atoms with Gasteiger partial charge in [-0.15, -0.1) is 11.3 Å². The molecule has 25 heavy (non-hydrogen) atoms. The minimum Gasteiger partial charge on any atom is -0.327 e. The van der Waals surface area contributed by atoms with E-state index in [1.165, 1.54) is 5.56 Å². The lowest BCUT2D eigenvalue weighted by atomic mass is 10.2. The first-order valence-corrected chi connectivity index (χ1v) is 9.16. The van der Waals surface area contributed by atoms with E-state index in [1.54, 1.807) is 17.5 Å². The summed E-state index contributed by atoms with van der Waals surface area (Å²) in [7, 11) is 0. The number of carbonyl (C=O) groups is 1. The molecule has 128 valence electrons. The van der Waals surface area contributed by atoms with Crippen molar-refractivity contribution in [3.05, 3.63) is 70.5 Å². The fourth-order valence-corrected chi connectivity index (χ4v) is 3.37. The van der Waals surface area contributed by atoms with Crippen LogP contribution in [0.2, 0.25) is 0 Å². The van der Waals surface area contributed by atoms with Gasteiger partial charge in [-0.05, 0) is 55.1 Å². The van der Waals surface area contributed by atoms with Gasteiger partial charge in [0.1, 0.15) is 5.82 Å². The van der Waals surface area contributed by atoms with Gasteiger partial charge in [-0.2, -0.15) is 0 Å². The summed E-state index contributed by atoms with van der Waals surface area (Å²) in [6.45, 7) is 5.00. The second kappa shape index (κ2) is 7.94. The predicted molar refractivity (Wildman–Crippen MR) is 105 cm³/mol. The van der Waals surface area contributed by atoms with Crippen LogP contribution in [0.5, 0.6) is 0 Å². The molecule has 0 unspecified atom stereocenters. The lowest BCUT2D eigenvalue weighted by Crippen LogP contribution is -2.18. The molecule has 3 rings (SSSR count). The van der Waals surface area contributed by atoms with Crippen LogP contribution in [0.25, 0.3) is 0 Å². The molecule has 3 aromatic rings. The number of aromatic nitrogens is 1. The molecule has 1 N–H and O–H groups in total. The van der Waals surface area contributed by atoms with Gasteiger partial charge >= 0.3 is 0 Å². The maximum atomic E-state index is 12.1. The van der Waals surface area contributed by atoms with Gasteiger partial charge in [0.05, 0.1) is 18.3 Å². The maximum absolute atomic E-state index is 12.1. The van der Waals surface area contributed by atoms with E-state index in [-0.39, 0.29) is 5.91 Å². The Balaban J connectivity index is 1.69. The van der Waals surface area contributed by atoms with Gasteiger partial charge in [0.15, 0.2) is 0 Å². The summed E-state index contributed by atoms with van der Waals surface area (Å²) in [5.74, 6) is 0.840. The smallest absolute Gasteiger partial charge is 0.229 e. The van der Waals surface area contributed by atoms with Gasteiger partial charge in [-0.25, -0.2) is 4.98 Å². The molecule has 2 aromatic heterocycles. The molecular formula is C20H21N3OS. The van der Waals surface area contributed by atoms with Gasteiger partial charge in [0.2, 0.25) is 5.91 Å². The molecule has 0 aliphatic carbocycles. The summed E-state index contributed by atoms with van der Waals surface area (Å²) in [6.07, 6.45) is 2.10. The molecule has 0 radical (unpaired) electrons. The Hall–Kier alpha value is -2.66. The Kier molecular flexibility index (Phi) is 5.46. The quantitative estimate of drug-likeness (QED) is 0.694. The molecule has 1 aromatic carbocycles. The number of pyridine rings is 1. The fourth-order valence-electron chi connectivity index (χ4n) is 2.67. The molecule has 0 spiro atoms. The molecule has 0 saturated carbocycles. The summed E-state index contributed by atoms with van der Waals surface area (Å²) >= 11 is 1.59. The van der Waals surface area contributed by atoms with E-state index >= 15 is 0 Å². The number of benzene rings is 1. The van der Waals surface area contributed by atoms with E-state index in [0.717, 1.165) is 22.9 Å². The summed E-state index contributed by atoms with van der Waals surface area (Å²) in [4.78, 5) is 19.8.